The molecule has 1 aromatic carbocycles. The molecular weight excluding hydrogens is 181 g/mol. The maximum Gasteiger partial charge on any atom is 0.136 e. The van der Waals surface area contributed by atoms with E-state index in [-0.39, 0.29) is 17.6 Å². The maximum absolute atomic E-state index is 12.6. The number of benzene rings is 1. The summed E-state index contributed by atoms with van der Waals surface area (Å²) in [6, 6.07) is 6.38. The summed E-state index contributed by atoms with van der Waals surface area (Å²) < 4.78 is 12.6. The van der Waals surface area contributed by atoms with E-state index in [4.69, 9.17) is 0 Å². The summed E-state index contributed by atoms with van der Waals surface area (Å²) in [5.41, 5.74) is 0.986. The number of carbonyl (C=O) groups excluding carboxylic acids is 1. The van der Waals surface area contributed by atoms with E-state index in [2.05, 4.69) is 5.32 Å². The third kappa shape index (κ3) is 1.99. The predicted molar refractivity (Wildman–Crippen MR) is 51.4 cm³/mol. The molecule has 0 bridgehead atoms. The number of hydrogen-bond acceptors (Lipinski definition) is 2. The number of ketones is 1. The van der Waals surface area contributed by atoms with E-state index in [1.54, 1.807) is 12.1 Å². The van der Waals surface area contributed by atoms with Crippen molar-refractivity contribution in [3.63, 3.8) is 0 Å². The zero-order valence-corrected chi connectivity index (χ0v) is 7.79. The van der Waals surface area contributed by atoms with E-state index in [9.17, 15) is 9.18 Å². The zero-order valence-electron chi connectivity index (χ0n) is 7.79. The Hall–Kier alpha value is -1.22. The number of Topliss-reactive ketones (excluding diaryl/α,β-unsaturated/α-hetero) is 1. The van der Waals surface area contributed by atoms with Gasteiger partial charge >= 0.3 is 0 Å². The maximum atomic E-state index is 12.6. The second-order valence-electron chi connectivity index (χ2n) is 3.55. The molecule has 14 heavy (non-hydrogen) atoms. The van der Waals surface area contributed by atoms with Crippen LogP contribution in [0.25, 0.3) is 0 Å². The van der Waals surface area contributed by atoms with Gasteiger partial charge in [0.2, 0.25) is 0 Å². The predicted octanol–water partition coefficient (Wildman–Crippen LogP) is 1.82. The van der Waals surface area contributed by atoms with Crippen molar-refractivity contribution in [3.05, 3.63) is 35.6 Å². The van der Waals surface area contributed by atoms with Crippen LogP contribution in [-0.4, -0.2) is 12.3 Å². The molecule has 0 amide bonds. The lowest BCUT2D eigenvalue weighted by Crippen LogP contribution is -2.31. The molecule has 0 aromatic heterocycles. The molecule has 1 fully saturated rings. The minimum absolute atomic E-state index is 0.0665. The third-order valence-corrected chi connectivity index (χ3v) is 2.50. The Kier molecular flexibility index (Phi) is 2.59. The Labute approximate surface area is 82.1 Å². The number of carbonyl (C=O) groups is 1. The van der Waals surface area contributed by atoms with Crippen LogP contribution in [0.5, 0.6) is 0 Å². The molecule has 0 spiro atoms. The molecule has 2 rings (SSSR count). The van der Waals surface area contributed by atoms with E-state index in [1.165, 1.54) is 12.1 Å². The molecule has 0 radical (unpaired) electrons. The SMILES string of the molecule is O=C1CCN[C@@H](c2ccc(F)cc2)C1. The van der Waals surface area contributed by atoms with Crippen molar-refractivity contribution < 1.29 is 9.18 Å². The van der Waals surface area contributed by atoms with Crippen LogP contribution in [0.3, 0.4) is 0 Å². The van der Waals surface area contributed by atoms with E-state index in [1.807, 2.05) is 0 Å². The van der Waals surface area contributed by atoms with Gasteiger partial charge in [-0.3, -0.25) is 4.79 Å². The molecule has 1 N–H and O–H groups in total. The highest BCUT2D eigenvalue weighted by molar-refractivity contribution is 5.80. The van der Waals surface area contributed by atoms with Gasteiger partial charge in [-0.25, -0.2) is 4.39 Å². The van der Waals surface area contributed by atoms with Gasteiger partial charge in [-0.05, 0) is 17.7 Å². The second-order valence-corrected chi connectivity index (χ2v) is 3.55. The molecular formula is C11H12FNO. The fourth-order valence-electron chi connectivity index (χ4n) is 1.72. The Bertz CT molecular complexity index is 334. The lowest BCUT2D eigenvalue weighted by Gasteiger charge is -2.22. The summed E-state index contributed by atoms with van der Waals surface area (Å²) in [6.45, 7) is 0.723. The number of piperidine rings is 1. The van der Waals surface area contributed by atoms with Crippen LogP contribution in [0.2, 0.25) is 0 Å². The summed E-state index contributed by atoms with van der Waals surface area (Å²) in [4.78, 5) is 11.2. The van der Waals surface area contributed by atoms with Gasteiger partial charge in [-0.15, -0.1) is 0 Å². The van der Waals surface area contributed by atoms with Crippen molar-refractivity contribution in [3.8, 4) is 0 Å². The Morgan fingerprint density at radius 2 is 2.00 bits per heavy atom. The largest absolute Gasteiger partial charge is 0.309 e. The number of halogens is 1. The molecule has 1 saturated heterocycles. The summed E-state index contributed by atoms with van der Waals surface area (Å²) in [5.74, 6) is 0.0361. The van der Waals surface area contributed by atoms with E-state index in [0.29, 0.717) is 12.8 Å². The number of hydrogen-bond donors (Lipinski definition) is 1. The minimum atomic E-state index is -0.240. The van der Waals surface area contributed by atoms with Gasteiger partial charge in [0.25, 0.3) is 0 Å². The smallest absolute Gasteiger partial charge is 0.136 e. The Balaban J connectivity index is 2.14. The molecule has 1 aromatic rings. The lowest BCUT2D eigenvalue weighted by atomic mass is 9.97. The summed E-state index contributed by atoms with van der Waals surface area (Å²) >= 11 is 0. The van der Waals surface area contributed by atoms with Crippen molar-refractivity contribution in [2.45, 2.75) is 18.9 Å². The fraction of sp³-hybridized carbons (Fsp3) is 0.364. The van der Waals surface area contributed by atoms with Crippen LogP contribution in [0, 0.1) is 5.82 Å². The summed E-state index contributed by atoms with van der Waals surface area (Å²) in [5, 5.41) is 3.24. The highest BCUT2D eigenvalue weighted by Crippen LogP contribution is 2.20. The minimum Gasteiger partial charge on any atom is -0.309 e. The molecule has 0 saturated carbocycles. The van der Waals surface area contributed by atoms with Crippen LogP contribution in [-0.2, 0) is 4.79 Å². The van der Waals surface area contributed by atoms with Crippen LogP contribution < -0.4 is 5.32 Å². The van der Waals surface area contributed by atoms with E-state index in [0.717, 1.165) is 12.1 Å². The van der Waals surface area contributed by atoms with Gasteiger partial charge in [0.1, 0.15) is 11.6 Å². The molecule has 1 atom stereocenters. The van der Waals surface area contributed by atoms with Crippen molar-refractivity contribution in [1.82, 2.24) is 5.32 Å². The molecule has 2 nitrogen and oxygen atoms in total. The quantitative estimate of drug-likeness (QED) is 0.737. The first-order chi connectivity index (χ1) is 6.75. The number of rotatable bonds is 1. The van der Waals surface area contributed by atoms with E-state index >= 15 is 0 Å². The molecule has 3 heteroatoms. The van der Waals surface area contributed by atoms with Crippen molar-refractivity contribution in [2.75, 3.05) is 6.54 Å². The fourth-order valence-corrected chi connectivity index (χ4v) is 1.72. The molecule has 0 aliphatic carbocycles. The van der Waals surface area contributed by atoms with Crippen molar-refractivity contribution in [2.24, 2.45) is 0 Å². The highest BCUT2D eigenvalue weighted by atomic mass is 19.1. The standard InChI is InChI=1S/C11H12FNO/c12-9-3-1-8(2-4-9)11-7-10(14)5-6-13-11/h1-4,11,13H,5-7H2/t11-/m1/s1. The summed E-state index contributed by atoms with van der Waals surface area (Å²) in [7, 11) is 0. The molecule has 1 aliphatic rings. The van der Waals surface area contributed by atoms with Gasteiger partial charge in [0.15, 0.2) is 0 Å². The molecule has 74 valence electrons. The van der Waals surface area contributed by atoms with Gasteiger partial charge in [-0.1, -0.05) is 12.1 Å². The lowest BCUT2D eigenvalue weighted by molar-refractivity contribution is -0.120. The van der Waals surface area contributed by atoms with Gasteiger partial charge in [-0.2, -0.15) is 0 Å². The van der Waals surface area contributed by atoms with Gasteiger partial charge in [0.05, 0.1) is 0 Å². The van der Waals surface area contributed by atoms with Gasteiger partial charge < -0.3 is 5.32 Å². The Morgan fingerprint density at radius 1 is 1.29 bits per heavy atom. The Morgan fingerprint density at radius 3 is 2.64 bits per heavy atom. The first-order valence-electron chi connectivity index (χ1n) is 4.76. The molecule has 1 heterocycles. The second kappa shape index (κ2) is 3.88. The zero-order chi connectivity index (χ0) is 9.97. The number of nitrogens with one attached hydrogen (secondary N) is 1. The highest BCUT2D eigenvalue weighted by Gasteiger charge is 2.19. The monoisotopic (exact) mass is 193 g/mol. The average molecular weight is 193 g/mol. The molecule has 0 unspecified atom stereocenters. The average Bonchev–Trinajstić information content (AvgIpc) is 2.19. The van der Waals surface area contributed by atoms with Crippen LogP contribution >= 0.6 is 0 Å². The van der Waals surface area contributed by atoms with Crippen LogP contribution in [0.4, 0.5) is 4.39 Å². The van der Waals surface area contributed by atoms with Crippen LogP contribution in [0.15, 0.2) is 24.3 Å². The molecule has 1 aliphatic heterocycles. The summed E-state index contributed by atoms with van der Waals surface area (Å²) in [6.07, 6.45) is 1.13. The third-order valence-electron chi connectivity index (χ3n) is 2.50. The topological polar surface area (TPSA) is 29.1 Å². The van der Waals surface area contributed by atoms with Crippen molar-refractivity contribution >= 4 is 5.78 Å². The first-order valence-corrected chi connectivity index (χ1v) is 4.76. The van der Waals surface area contributed by atoms with Crippen LogP contribution in [0.1, 0.15) is 24.4 Å². The first kappa shape index (κ1) is 9.34. The van der Waals surface area contributed by atoms with Gasteiger partial charge in [0, 0.05) is 25.4 Å². The van der Waals surface area contributed by atoms with E-state index < -0.39 is 0 Å². The normalized spacial score (nSPS) is 22.4. The van der Waals surface area contributed by atoms with Crippen molar-refractivity contribution in [1.29, 1.82) is 0 Å².